The molecular weight excluding hydrogens is 309 g/mol. The average molecular weight is 330 g/mol. The van der Waals surface area contributed by atoms with Crippen LogP contribution in [0.25, 0.3) is 0 Å². The molecule has 106 valence electrons. The first kappa shape index (κ1) is 14.8. The molecule has 0 bridgehead atoms. The molecular formula is C15H21BrFNO. The Morgan fingerprint density at radius 2 is 2.16 bits per heavy atom. The summed E-state index contributed by atoms with van der Waals surface area (Å²) >= 11 is 3.37. The van der Waals surface area contributed by atoms with Gasteiger partial charge < -0.3 is 10.1 Å². The van der Waals surface area contributed by atoms with Crippen molar-refractivity contribution in [2.24, 2.45) is 0 Å². The van der Waals surface area contributed by atoms with Gasteiger partial charge in [0.05, 0.1) is 4.47 Å². The molecule has 0 aromatic heterocycles. The molecule has 0 amide bonds. The zero-order chi connectivity index (χ0) is 13.7. The Labute approximate surface area is 122 Å². The quantitative estimate of drug-likeness (QED) is 0.754. The molecule has 1 aliphatic rings. The molecule has 1 aromatic rings. The van der Waals surface area contributed by atoms with Crippen LogP contribution in [0.5, 0.6) is 5.75 Å². The normalized spacial score (nSPS) is 17.0. The summed E-state index contributed by atoms with van der Waals surface area (Å²) in [6.45, 7) is 4.20. The third-order valence-electron chi connectivity index (χ3n) is 3.67. The van der Waals surface area contributed by atoms with Crippen LogP contribution in [0.1, 0.15) is 39.0 Å². The summed E-state index contributed by atoms with van der Waals surface area (Å²) in [7, 11) is 0. The van der Waals surface area contributed by atoms with Crippen molar-refractivity contribution in [1.29, 1.82) is 0 Å². The summed E-state index contributed by atoms with van der Waals surface area (Å²) < 4.78 is 19.9. The van der Waals surface area contributed by atoms with Crippen LogP contribution in [-0.2, 0) is 0 Å². The molecule has 0 unspecified atom stereocenters. The molecule has 0 radical (unpaired) electrons. The minimum absolute atomic E-state index is 0.0545. The lowest BCUT2D eigenvalue weighted by Crippen LogP contribution is -2.45. The highest BCUT2D eigenvalue weighted by Crippen LogP contribution is 2.41. The number of nitrogens with one attached hydrogen (secondary N) is 1. The van der Waals surface area contributed by atoms with E-state index >= 15 is 0 Å². The molecule has 19 heavy (non-hydrogen) atoms. The van der Waals surface area contributed by atoms with Crippen molar-refractivity contribution in [2.75, 3.05) is 13.1 Å². The topological polar surface area (TPSA) is 21.3 Å². The van der Waals surface area contributed by atoms with Gasteiger partial charge in [0.15, 0.2) is 0 Å². The van der Waals surface area contributed by atoms with E-state index < -0.39 is 0 Å². The summed E-state index contributed by atoms with van der Waals surface area (Å²) in [5.74, 6) is 0.503. The predicted octanol–water partition coefficient (Wildman–Crippen LogP) is 4.28. The summed E-state index contributed by atoms with van der Waals surface area (Å²) in [5, 5.41) is 3.42. The van der Waals surface area contributed by atoms with Gasteiger partial charge in [-0.3, -0.25) is 0 Å². The Balaban J connectivity index is 1.94. The Hall–Kier alpha value is -0.610. The maximum absolute atomic E-state index is 13.1. The van der Waals surface area contributed by atoms with E-state index in [1.165, 1.54) is 18.6 Å². The van der Waals surface area contributed by atoms with Gasteiger partial charge in [-0.2, -0.15) is 0 Å². The van der Waals surface area contributed by atoms with Crippen LogP contribution >= 0.6 is 15.9 Å². The fourth-order valence-corrected chi connectivity index (χ4v) is 2.82. The van der Waals surface area contributed by atoms with Crippen LogP contribution < -0.4 is 10.1 Å². The van der Waals surface area contributed by atoms with E-state index in [0.29, 0.717) is 4.47 Å². The highest BCUT2D eigenvalue weighted by Gasteiger charge is 2.39. The maximum atomic E-state index is 13.1. The van der Waals surface area contributed by atoms with E-state index in [2.05, 4.69) is 28.2 Å². The van der Waals surface area contributed by atoms with E-state index in [1.807, 2.05) is 0 Å². The Kier molecular flexibility index (Phi) is 5.22. The minimum Gasteiger partial charge on any atom is -0.486 e. The van der Waals surface area contributed by atoms with Crippen LogP contribution in [-0.4, -0.2) is 18.7 Å². The lowest BCUT2D eigenvalue weighted by molar-refractivity contribution is -0.0148. The number of benzene rings is 1. The van der Waals surface area contributed by atoms with Crippen LogP contribution in [0.4, 0.5) is 4.39 Å². The average Bonchev–Trinajstić information content (AvgIpc) is 2.34. The van der Waals surface area contributed by atoms with Gasteiger partial charge in [0.1, 0.15) is 17.2 Å². The predicted molar refractivity (Wildman–Crippen MR) is 79.1 cm³/mol. The largest absolute Gasteiger partial charge is 0.486 e. The van der Waals surface area contributed by atoms with Crippen molar-refractivity contribution in [3.8, 4) is 5.75 Å². The number of rotatable bonds is 7. The number of hydrogen-bond donors (Lipinski definition) is 1. The second-order valence-corrected chi connectivity index (χ2v) is 6.07. The van der Waals surface area contributed by atoms with Crippen molar-refractivity contribution >= 4 is 15.9 Å². The first-order chi connectivity index (χ1) is 9.15. The zero-order valence-electron chi connectivity index (χ0n) is 11.3. The van der Waals surface area contributed by atoms with Crippen LogP contribution in [0, 0.1) is 5.82 Å². The monoisotopic (exact) mass is 329 g/mol. The maximum Gasteiger partial charge on any atom is 0.134 e. The van der Waals surface area contributed by atoms with E-state index in [0.717, 1.165) is 44.5 Å². The molecule has 2 nitrogen and oxygen atoms in total. The lowest BCUT2D eigenvalue weighted by Gasteiger charge is -2.42. The fraction of sp³-hybridized carbons (Fsp3) is 0.600. The van der Waals surface area contributed by atoms with Gasteiger partial charge in [-0.25, -0.2) is 4.39 Å². The van der Waals surface area contributed by atoms with Crippen molar-refractivity contribution < 1.29 is 9.13 Å². The second kappa shape index (κ2) is 6.71. The highest BCUT2D eigenvalue weighted by atomic mass is 79.9. The number of hydrogen-bond acceptors (Lipinski definition) is 2. The third kappa shape index (κ3) is 3.93. The summed E-state index contributed by atoms with van der Waals surface area (Å²) in [6.07, 6.45) is 5.55. The molecule has 0 aliphatic heterocycles. The Morgan fingerprint density at radius 3 is 2.74 bits per heavy atom. The summed E-state index contributed by atoms with van der Waals surface area (Å²) in [5.41, 5.74) is -0.0545. The molecule has 1 N–H and O–H groups in total. The van der Waals surface area contributed by atoms with Gasteiger partial charge in [-0.1, -0.05) is 6.92 Å². The van der Waals surface area contributed by atoms with Crippen LogP contribution in [0.3, 0.4) is 0 Å². The van der Waals surface area contributed by atoms with Crippen molar-refractivity contribution in [1.82, 2.24) is 5.32 Å². The van der Waals surface area contributed by atoms with E-state index in [4.69, 9.17) is 4.74 Å². The van der Waals surface area contributed by atoms with E-state index in [1.54, 1.807) is 6.07 Å². The first-order valence-corrected chi connectivity index (χ1v) is 7.79. The van der Waals surface area contributed by atoms with Gasteiger partial charge in [0.25, 0.3) is 0 Å². The van der Waals surface area contributed by atoms with Crippen molar-refractivity contribution in [3.63, 3.8) is 0 Å². The second-order valence-electron chi connectivity index (χ2n) is 5.21. The van der Waals surface area contributed by atoms with Gasteiger partial charge in [-0.15, -0.1) is 0 Å². The minimum atomic E-state index is -0.244. The number of halogens is 2. The van der Waals surface area contributed by atoms with Gasteiger partial charge in [0.2, 0.25) is 0 Å². The Morgan fingerprint density at radius 1 is 1.37 bits per heavy atom. The molecule has 0 spiro atoms. The highest BCUT2D eigenvalue weighted by molar-refractivity contribution is 9.10. The molecule has 0 heterocycles. The summed E-state index contributed by atoms with van der Waals surface area (Å²) in [4.78, 5) is 0. The van der Waals surface area contributed by atoms with Crippen LogP contribution in [0.2, 0.25) is 0 Å². The Bertz CT molecular complexity index is 421. The van der Waals surface area contributed by atoms with Gasteiger partial charge >= 0.3 is 0 Å². The van der Waals surface area contributed by atoms with Gasteiger partial charge in [-0.05, 0) is 79.3 Å². The SMILES string of the molecule is CCCNCCC1(Oc2ccc(F)cc2Br)CCC1. The zero-order valence-corrected chi connectivity index (χ0v) is 12.9. The third-order valence-corrected chi connectivity index (χ3v) is 4.29. The smallest absolute Gasteiger partial charge is 0.134 e. The lowest BCUT2D eigenvalue weighted by atomic mass is 9.77. The molecule has 4 heteroatoms. The van der Waals surface area contributed by atoms with Crippen molar-refractivity contribution in [2.45, 2.75) is 44.6 Å². The molecule has 2 rings (SSSR count). The van der Waals surface area contributed by atoms with Crippen LogP contribution in [0.15, 0.2) is 22.7 Å². The van der Waals surface area contributed by atoms with E-state index in [-0.39, 0.29) is 11.4 Å². The molecule has 0 saturated heterocycles. The molecule has 1 aliphatic carbocycles. The van der Waals surface area contributed by atoms with Crippen molar-refractivity contribution in [3.05, 3.63) is 28.5 Å². The standard InChI is InChI=1S/C15H21BrFNO/c1-2-9-18-10-8-15(6-3-7-15)19-14-5-4-12(17)11-13(14)16/h4-5,11,18H,2-3,6-10H2,1H3. The first-order valence-electron chi connectivity index (χ1n) is 7.00. The molecule has 0 atom stereocenters. The summed E-state index contributed by atoms with van der Waals surface area (Å²) in [6, 6.07) is 4.61. The molecule has 1 aromatic carbocycles. The molecule has 1 fully saturated rings. The van der Waals surface area contributed by atoms with Gasteiger partial charge in [0, 0.05) is 0 Å². The number of ether oxygens (including phenoxy) is 1. The fourth-order valence-electron chi connectivity index (χ4n) is 2.38. The van der Waals surface area contributed by atoms with E-state index in [9.17, 15) is 4.39 Å². The molecule has 1 saturated carbocycles.